The molecule has 1 saturated heterocycles. The topological polar surface area (TPSA) is 85.6 Å². The molecule has 6 nitrogen and oxygen atoms in total. The maximum atomic E-state index is 11.1. The first-order chi connectivity index (χ1) is 13.9. The van der Waals surface area contributed by atoms with Gasteiger partial charge in [0.1, 0.15) is 0 Å². The van der Waals surface area contributed by atoms with Crippen molar-refractivity contribution in [2.24, 2.45) is 0 Å². The number of rotatable bonds is 6. The van der Waals surface area contributed by atoms with Gasteiger partial charge in [-0.1, -0.05) is 13.0 Å². The highest BCUT2D eigenvalue weighted by molar-refractivity contribution is 5.77. The second-order valence-electron chi connectivity index (χ2n) is 7.75. The second kappa shape index (κ2) is 8.97. The fourth-order valence-electron chi connectivity index (χ4n) is 3.77. The lowest BCUT2D eigenvalue weighted by molar-refractivity contribution is -0.137. The summed E-state index contributed by atoms with van der Waals surface area (Å²) in [4.78, 5) is 13.4. The smallest absolute Gasteiger partial charge is 0.303 e. The minimum absolute atomic E-state index is 0.0846. The van der Waals surface area contributed by atoms with Crippen molar-refractivity contribution in [3.8, 4) is 6.07 Å². The standard InChI is InChI=1S/C23H27N3O3/c1-15(10-23(27)28)19-6-9-22(26-13-16(2)29-17(3)14-26)21(11-19)25-20-7-4-18(12-24)5-8-20/h4-9,11,15-17,25H,10,13-14H2,1-3H3,(H,27,28)/t15?,16-,17+. The van der Waals surface area contributed by atoms with Crippen LogP contribution in [0.2, 0.25) is 0 Å². The van der Waals surface area contributed by atoms with E-state index < -0.39 is 5.97 Å². The van der Waals surface area contributed by atoms with Gasteiger partial charge in [-0.05, 0) is 61.7 Å². The second-order valence-corrected chi connectivity index (χ2v) is 7.75. The number of morpholine rings is 1. The predicted octanol–water partition coefficient (Wildman–Crippen LogP) is 4.49. The number of carboxylic acid groups (broad SMARTS) is 1. The van der Waals surface area contributed by atoms with Crippen LogP contribution in [0.25, 0.3) is 0 Å². The molecule has 3 rings (SSSR count). The van der Waals surface area contributed by atoms with E-state index in [0.29, 0.717) is 5.56 Å². The van der Waals surface area contributed by atoms with Crippen LogP contribution in [0, 0.1) is 11.3 Å². The maximum Gasteiger partial charge on any atom is 0.303 e. The number of ether oxygens (including phenoxy) is 1. The van der Waals surface area contributed by atoms with Crippen LogP contribution in [-0.4, -0.2) is 36.4 Å². The molecule has 0 radical (unpaired) electrons. The van der Waals surface area contributed by atoms with Crippen LogP contribution in [0.5, 0.6) is 0 Å². The van der Waals surface area contributed by atoms with Crippen molar-refractivity contribution in [3.05, 3.63) is 53.6 Å². The van der Waals surface area contributed by atoms with Crippen molar-refractivity contribution >= 4 is 23.0 Å². The van der Waals surface area contributed by atoms with Crippen LogP contribution in [0.3, 0.4) is 0 Å². The molecule has 1 heterocycles. The van der Waals surface area contributed by atoms with E-state index in [4.69, 9.17) is 15.1 Å². The molecule has 1 fully saturated rings. The van der Waals surface area contributed by atoms with Gasteiger partial charge in [-0.25, -0.2) is 0 Å². The summed E-state index contributed by atoms with van der Waals surface area (Å²) in [6.45, 7) is 7.64. The molecular formula is C23H27N3O3. The van der Waals surface area contributed by atoms with Gasteiger partial charge >= 0.3 is 5.97 Å². The van der Waals surface area contributed by atoms with Crippen LogP contribution in [0.15, 0.2) is 42.5 Å². The Bertz CT molecular complexity index is 895. The van der Waals surface area contributed by atoms with E-state index in [-0.39, 0.29) is 24.5 Å². The van der Waals surface area contributed by atoms with Gasteiger partial charge < -0.3 is 20.1 Å². The molecule has 1 unspecified atom stereocenters. The molecule has 0 aliphatic carbocycles. The van der Waals surface area contributed by atoms with E-state index in [1.807, 2.05) is 31.2 Å². The number of hydrogen-bond donors (Lipinski definition) is 2. The number of benzene rings is 2. The minimum atomic E-state index is -0.806. The van der Waals surface area contributed by atoms with Crippen molar-refractivity contribution in [1.29, 1.82) is 5.26 Å². The molecule has 2 N–H and O–H groups in total. The normalized spacial score (nSPS) is 20.0. The Balaban J connectivity index is 1.95. The number of nitriles is 1. The quantitative estimate of drug-likeness (QED) is 0.752. The van der Waals surface area contributed by atoms with Gasteiger partial charge in [0, 0.05) is 18.8 Å². The number of aliphatic carboxylic acids is 1. The zero-order chi connectivity index (χ0) is 21.0. The van der Waals surface area contributed by atoms with Crippen molar-refractivity contribution in [3.63, 3.8) is 0 Å². The lowest BCUT2D eigenvalue weighted by atomic mass is 9.96. The average Bonchev–Trinajstić information content (AvgIpc) is 2.67. The Morgan fingerprint density at radius 2 is 1.90 bits per heavy atom. The maximum absolute atomic E-state index is 11.1. The molecule has 0 saturated carbocycles. The fraction of sp³-hybridized carbons (Fsp3) is 0.391. The van der Waals surface area contributed by atoms with E-state index in [1.165, 1.54) is 0 Å². The molecule has 0 amide bonds. The Labute approximate surface area is 171 Å². The summed E-state index contributed by atoms with van der Waals surface area (Å²) >= 11 is 0. The lowest BCUT2D eigenvalue weighted by Crippen LogP contribution is -2.45. The number of anilines is 3. The van der Waals surface area contributed by atoms with Gasteiger partial charge in [0.05, 0.1) is 41.6 Å². The van der Waals surface area contributed by atoms with Crippen molar-refractivity contribution < 1.29 is 14.6 Å². The molecule has 1 aliphatic heterocycles. The van der Waals surface area contributed by atoms with Crippen LogP contribution >= 0.6 is 0 Å². The summed E-state index contributed by atoms with van der Waals surface area (Å²) in [7, 11) is 0. The first-order valence-electron chi connectivity index (χ1n) is 9.89. The van der Waals surface area contributed by atoms with E-state index in [9.17, 15) is 4.79 Å². The highest BCUT2D eigenvalue weighted by atomic mass is 16.5. The third kappa shape index (κ3) is 5.27. The number of carboxylic acids is 1. The highest BCUT2D eigenvalue weighted by Gasteiger charge is 2.24. The van der Waals surface area contributed by atoms with Gasteiger partial charge in [0.15, 0.2) is 0 Å². The van der Waals surface area contributed by atoms with Crippen LogP contribution < -0.4 is 10.2 Å². The van der Waals surface area contributed by atoms with Crippen LogP contribution in [-0.2, 0) is 9.53 Å². The molecule has 2 aromatic rings. The van der Waals surface area contributed by atoms with Crippen LogP contribution in [0.4, 0.5) is 17.1 Å². The molecule has 1 aliphatic rings. The summed E-state index contributed by atoms with van der Waals surface area (Å²) in [5.74, 6) is -0.899. The fourth-order valence-corrected chi connectivity index (χ4v) is 3.77. The van der Waals surface area contributed by atoms with E-state index in [0.717, 1.165) is 35.7 Å². The van der Waals surface area contributed by atoms with Crippen molar-refractivity contribution in [2.75, 3.05) is 23.3 Å². The summed E-state index contributed by atoms with van der Waals surface area (Å²) in [6, 6.07) is 15.5. The first-order valence-corrected chi connectivity index (χ1v) is 9.89. The largest absolute Gasteiger partial charge is 0.481 e. The summed E-state index contributed by atoms with van der Waals surface area (Å²) < 4.78 is 5.87. The van der Waals surface area contributed by atoms with E-state index >= 15 is 0 Å². The molecule has 0 spiro atoms. The number of nitrogens with one attached hydrogen (secondary N) is 1. The molecule has 2 aromatic carbocycles. The minimum Gasteiger partial charge on any atom is -0.481 e. The molecule has 0 aromatic heterocycles. The van der Waals surface area contributed by atoms with Gasteiger partial charge in [0.25, 0.3) is 0 Å². The summed E-state index contributed by atoms with van der Waals surface area (Å²) in [5, 5.41) is 21.6. The Morgan fingerprint density at radius 3 is 2.48 bits per heavy atom. The molecule has 6 heteroatoms. The van der Waals surface area contributed by atoms with Crippen LogP contribution in [0.1, 0.15) is 44.2 Å². The number of hydrogen-bond acceptors (Lipinski definition) is 5. The number of nitrogens with zero attached hydrogens (tertiary/aromatic N) is 2. The number of carbonyl (C=O) groups is 1. The third-order valence-corrected chi connectivity index (χ3v) is 5.12. The van der Waals surface area contributed by atoms with Gasteiger partial charge in [-0.15, -0.1) is 0 Å². The van der Waals surface area contributed by atoms with E-state index in [2.05, 4.69) is 36.2 Å². The first kappa shape index (κ1) is 20.7. The third-order valence-electron chi connectivity index (χ3n) is 5.12. The average molecular weight is 393 g/mol. The monoisotopic (exact) mass is 393 g/mol. The SMILES string of the molecule is CC(CC(=O)O)c1ccc(N2C[C@@H](C)O[C@@H](C)C2)c(Nc2ccc(C#N)cc2)c1. The molecule has 29 heavy (non-hydrogen) atoms. The predicted molar refractivity (Wildman–Crippen MR) is 114 cm³/mol. The zero-order valence-electron chi connectivity index (χ0n) is 17.1. The summed E-state index contributed by atoms with van der Waals surface area (Å²) in [5.41, 5.74) is 4.44. The molecule has 0 bridgehead atoms. The Hall–Kier alpha value is -3.04. The van der Waals surface area contributed by atoms with E-state index in [1.54, 1.807) is 12.1 Å². The lowest BCUT2D eigenvalue weighted by Gasteiger charge is -2.38. The summed E-state index contributed by atoms with van der Waals surface area (Å²) in [6.07, 6.45) is 0.348. The molecular weight excluding hydrogens is 366 g/mol. The highest BCUT2D eigenvalue weighted by Crippen LogP contribution is 2.34. The Kier molecular flexibility index (Phi) is 6.40. The molecule has 152 valence electrons. The zero-order valence-corrected chi connectivity index (χ0v) is 17.1. The van der Waals surface area contributed by atoms with Gasteiger partial charge in [-0.3, -0.25) is 4.79 Å². The van der Waals surface area contributed by atoms with Crippen molar-refractivity contribution in [1.82, 2.24) is 0 Å². The molecule has 3 atom stereocenters. The van der Waals surface area contributed by atoms with Gasteiger partial charge in [-0.2, -0.15) is 5.26 Å². The van der Waals surface area contributed by atoms with Gasteiger partial charge in [0.2, 0.25) is 0 Å². The van der Waals surface area contributed by atoms with Crippen molar-refractivity contribution in [2.45, 2.75) is 45.3 Å². The Morgan fingerprint density at radius 1 is 1.24 bits per heavy atom.